The van der Waals surface area contributed by atoms with Gasteiger partial charge >= 0.3 is 0 Å². The zero-order valence-electron chi connectivity index (χ0n) is 10.2. The van der Waals surface area contributed by atoms with Crippen LogP contribution in [0.4, 0.5) is 0 Å². The molecule has 0 spiro atoms. The second-order valence-corrected chi connectivity index (χ2v) is 3.62. The van der Waals surface area contributed by atoms with E-state index in [1.807, 2.05) is 26.1 Å². The zero-order valence-corrected chi connectivity index (χ0v) is 10.2. The molecule has 0 atom stereocenters. The Bertz CT molecular complexity index is 400. The normalized spacial score (nSPS) is 10.7. The third-order valence-electron chi connectivity index (χ3n) is 2.52. The number of rotatable bonds is 5. The maximum Gasteiger partial charge on any atom is 0.288 e. The Morgan fingerprint density at radius 1 is 1.53 bits per heavy atom. The van der Waals surface area contributed by atoms with Crippen LogP contribution in [0.2, 0.25) is 0 Å². The van der Waals surface area contributed by atoms with Crippen LogP contribution in [-0.2, 0) is 11.3 Å². The molecular formula is C12H18N3O2+. The highest BCUT2D eigenvalue weighted by Crippen LogP contribution is 1.92. The van der Waals surface area contributed by atoms with E-state index in [4.69, 9.17) is 5.21 Å². The Kier molecular flexibility index (Phi) is 5.13. The highest BCUT2D eigenvalue weighted by Gasteiger charge is 2.14. The van der Waals surface area contributed by atoms with Gasteiger partial charge in [0, 0.05) is 19.2 Å². The molecule has 1 aromatic rings. The summed E-state index contributed by atoms with van der Waals surface area (Å²) in [6.45, 7) is 5.65. The fourth-order valence-corrected chi connectivity index (χ4v) is 1.62. The first kappa shape index (κ1) is 13.2. The number of oxime groups is 1. The van der Waals surface area contributed by atoms with Crippen LogP contribution < -0.4 is 4.57 Å². The lowest BCUT2D eigenvalue weighted by molar-refractivity contribution is -0.685. The molecule has 17 heavy (non-hydrogen) atoms. The maximum absolute atomic E-state index is 11.9. The molecule has 0 aliphatic rings. The van der Waals surface area contributed by atoms with Crippen LogP contribution in [0.1, 0.15) is 19.4 Å². The topological polar surface area (TPSA) is 56.8 Å². The number of hydrogen-bond donors (Lipinski definition) is 1. The summed E-state index contributed by atoms with van der Waals surface area (Å²) >= 11 is 0. The molecule has 0 radical (unpaired) electrons. The minimum atomic E-state index is 0.0816. The van der Waals surface area contributed by atoms with Gasteiger partial charge in [0.05, 0.1) is 11.8 Å². The van der Waals surface area contributed by atoms with Crippen molar-refractivity contribution in [2.24, 2.45) is 5.16 Å². The zero-order chi connectivity index (χ0) is 12.7. The van der Waals surface area contributed by atoms with Crippen LogP contribution in [-0.4, -0.2) is 35.3 Å². The summed E-state index contributed by atoms with van der Waals surface area (Å²) in [5, 5.41) is 11.4. The molecule has 0 saturated heterocycles. The molecule has 0 unspecified atom stereocenters. The van der Waals surface area contributed by atoms with Crippen LogP contribution >= 0.6 is 0 Å². The van der Waals surface area contributed by atoms with Crippen molar-refractivity contribution >= 4 is 12.1 Å². The van der Waals surface area contributed by atoms with Gasteiger partial charge in [-0.1, -0.05) is 5.16 Å². The van der Waals surface area contributed by atoms with Crippen molar-refractivity contribution in [3.63, 3.8) is 0 Å². The predicted molar refractivity (Wildman–Crippen MR) is 63.9 cm³/mol. The number of hydrogen-bond acceptors (Lipinski definition) is 3. The van der Waals surface area contributed by atoms with Crippen LogP contribution in [0.3, 0.4) is 0 Å². The van der Waals surface area contributed by atoms with Gasteiger partial charge in [0.2, 0.25) is 6.54 Å². The Morgan fingerprint density at radius 3 is 2.82 bits per heavy atom. The molecule has 5 nitrogen and oxygen atoms in total. The quantitative estimate of drug-likeness (QED) is 0.353. The molecule has 5 heteroatoms. The van der Waals surface area contributed by atoms with Crippen molar-refractivity contribution in [1.29, 1.82) is 0 Å². The molecule has 1 aromatic heterocycles. The van der Waals surface area contributed by atoms with Gasteiger partial charge in [0.1, 0.15) is 0 Å². The van der Waals surface area contributed by atoms with E-state index in [1.165, 1.54) is 6.21 Å². The van der Waals surface area contributed by atoms with E-state index < -0.39 is 0 Å². The van der Waals surface area contributed by atoms with E-state index in [1.54, 1.807) is 21.7 Å². The summed E-state index contributed by atoms with van der Waals surface area (Å²) in [7, 11) is 0. The van der Waals surface area contributed by atoms with Gasteiger partial charge in [-0.05, 0) is 19.9 Å². The molecule has 0 aromatic carbocycles. The molecule has 1 heterocycles. The van der Waals surface area contributed by atoms with E-state index in [2.05, 4.69) is 5.16 Å². The lowest BCUT2D eigenvalue weighted by Crippen LogP contribution is -2.44. The Hall–Kier alpha value is -1.91. The van der Waals surface area contributed by atoms with E-state index in [-0.39, 0.29) is 5.91 Å². The van der Waals surface area contributed by atoms with Gasteiger partial charge in [0.25, 0.3) is 5.91 Å². The molecular weight excluding hydrogens is 218 g/mol. The van der Waals surface area contributed by atoms with Crippen LogP contribution in [0.25, 0.3) is 0 Å². The Balaban J connectivity index is 2.74. The number of pyridine rings is 1. The average Bonchev–Trinajstić information content (AvgIpc) is 2.31. The van der Waals surface area contributed by atoms with Crippen molar-refractivity contribution in [2.75, 3.05) is 13.1 Å². The molecule has 1 N–H and O–H groups in total. The van der Waals surface area contributed by atoms with Crippen molar-refractivity contribution < 1.29 is 14.6 Å². The largest absolute Gasteiger partial charge is 0.411 e. The average molecular weight is 236 g/mol. The number of carbonyl (C=O) groups is 1. The Morgan fingerprint density at radius 2 is 2.24 bits per heavy atom. The SMILES string of the molecule is CCN(CC)C(=O)C[n+]1cccc(/C=N/O)c1. The summed E-state index contributed by atoms with van der Waals surface area (Å²) < 4.78 is 1.78. The standard InChI is InChI=1S/C12H17N3O2/c1-3-15(4-2)12(16)10-14-7-5-6-11(9-14)8-13-17/h5-9H,3-4,10H2,1-2H3/p+1/b13-8+. The van der Waals surface area contributed by atoms with Crippen molar-refractivity contribution in [2.45, 2.75) is 20.4 Å². The van der Waals surface area contributed by atoms with Crippen molar-refractivity contribution in [3.8, 4) is 0 Å². The molecule has 92 valence electrons. The van der Waals surface area contributed by atoms with E-state index in [9.17, 15) is 4.79 Å². The van der Waals surface area contributed by atoms with Gasteiger partial charge in [-0.25, -0.2) is 0 Å². The first-order chi connectivity index (χ1) is 8.21. The molecule has 0 bridgehead atoms. The lowest BCUT2D eigenvalue weighted by atomic mass is 10.3. The maximum atomic E-state index is 11.9. The molecule has 0 fully saturated rings. The highest BCUT2D eigenvalue weighted by atomic mass is 16.4. The number of nitrogens with zero attached hydrogens (tertiary/aromatic N) is 3. The molecule has 1 rings (SSSR count). The molecule has 0 aliphatic carbocycles. The number of amides is 1. The summed E-state index contributed by atoms with van der Waals surface area (Å²) in [5.41, 5.74) is 0.752. The predicted octanol–water partition coefficient (Wildman–Crippen LogP) is 0.651. The second kappa shape index (κ2) is 6.62. The van der Waals surface area contributed by atoms with Crippen LogP contribution in [0, 0.1) is 0 Å². The van der Waals surface area contributed by atoms with Crippen molar-refractivity contribution in [3.05, 3.63) is 30.1 Å². The van der Waals surface area contributed by atoms with Gasteiger partial charge in [-0.15, -0.1) is 0 Å². The number of aromatic nitrogens is 1. The monoisotopic (exact) mass is 236 g/mol. The third-order valence-corrected chi connectivity index (χ3v) is 2.52. The van der Waals surface area contributed by atoms with E-state index >= 15 is 0 Å². The number of carbonyl (C=O) groups excluding carboxylic acids is 1. The third kappa shape index (κ3) is 3.86. The Labute approximate surface area is 101 Å². The number of likely N-dealkylation sites (N-methyl/N-ethyl adjacent to an activating group) is 1. The van der Waals surface area contributed by atoms with Gasteiger partial charge < -0.3 is 10.1 Å². The minimum Gasteiger partial charge on any atom is -0.411 e. The van der Waals surface area contributed by atoms with Gasteiger partial charge in [-0.3, -0.25) is 4.79 Å². The first-order valence-corrected chi connectivity index (χ1v) is 5.65. The molecule has 0 saturated carbocycles. The minimum absolute atomic E-state index is 0.0816. The van der Waals surface area contributed by atoms with E-state index in [0.717, 1.165) is 5.56 Å². The fourth-order valence-electron chi connectivity index (χ4n) is 1.62. The fraction of sp³-hybridized carbons (Fsp3) is 0.417. The van der Waals surface area contributed by atoms with E-state index in [0.29, 0.717) is 19.6 Å². The van der Waals surface area contributed by atoms with Gasteiger partial charge in [-0.2, -0.15) is 4.57 Å². The van der Waals surface area contributed by atoms with Gasteiger partial charge in [0.15, 0.2) is 12.4 Å². The highest BCUT2D eigenvalue weighted by molar-refractivity contribution is 5.78. The summed E-state index contributed by atoms with van der Waals surface area (Å²) in [4.78, 5) is 13.6. The lowest BCUT2D eigenvalue weighted by Gasteiger charge is -2.16. The second-order valence-electron chi connectivity index (χ2n) is 3.62. The van der Waals surface area contributed by atoms with Crippen molar-refractivity contribution in [1.82, 2.24) is 4.90 Å². The molecule has 1 amide bonds. The first-order valence-electron chi connectivity index (χ1n) is 5.65. The smallest absolute Gasteiger partial charge is 0.288 e. The summed E-state index contributed by atoms with van der Waals surface area (Å²) in [5.74, 6) is 0.0816. The van der Waals surface area contributed by atoms with Crippen LogP contribution in [0.5, 0.6) is 0 Å². The van der Waals surface area contributed by atoms with Crippen LogP contribution in [0.15, 0.2) is 29.7 Å². The summed E-state index contributed by atoms with van der Waals surface area (Å²) in [6.07, 6.45) is 4.91. The molecule has 0 aliphatic heterocycles. The summed E-state index contributed by atoms with van der Waals surface area (Å²) in [6, 6.07) is 3.62.